The van der Waals surface area contributed by atoms with Crippen molar-refractivity contribution in [3.63, 3.8) is 0 Å². The van der Waals surface area contributed by atoms with Gasteiger partial charge in [-0.15, -0.1) is 0 Å². The molecule has 2 saturated carbocycles. The maximum atomic E-state index is 13.4. The molecule has 1 aliphatic heterocycles. The second-order valence-corrected chi connectivity index (χ2v) is 9.59. The fourth-order valence-electron chi connectivity index (χ4n) is 5.83. The third-order valence-electron chi connectivity index (χ3n) is 7.46. The van der Waals surface area contributed by atoms with Crippen molar-refractivity contribution in [1.29, 1.82) is 0 Å². The maximum Gasteiger partial charge on any atom is 0.419 e. The lowest BCUT2D eigenvalue weighted by molar-refractivity contribution is -0.137. The van der Waals surface area contributed by atoms with Gasteiger partial charge in [0.05, 0.1) is 42.0 Å². The number of fused-ring (bicyclic) bond motifs is 1. The van der Waals surface area contributed by atoms with Crippen molar-refractivity contribution >= 4 is 5.82 Å². The Balaban J connectivity index is 1.46. The summed E-state index contributed by atoms with van der Waals surface area (Å²) in [6, 6.07) is 3.34. The number of nitrogens with zero attached hydrogens (tertiary/aromatic N) is 5. The van der Waals surface area contributed by atoms with Gasteiger partial charge in [0.1, 0.15) is 5.82 Å². The van der Waals surface area contributed by atoms with E-state index in [4.69, 9.17) is 17.0 Å². The van der Waals surface area contributed by atoms with E-state index >= 15 is 0 Å². The Morgan fingerprint density at radius 3 is 2.61 bits per heavy atom. The molecule has 1 saturated heterocycles. The minimum Gasteiger partial charge on any atom is -0.383 e. The first-order valence-electron chi connectivity index (χ1n) is 11.3. The first-order valence-corrected chi connectivity index (χ1v) is 11.3. The second-order valence-electron chi connectivity index (χ2n) is 9.59. The molecule has 2 N–H and O–H groups in total. The van der Waals surface area contributed by atoms with E-state index in [2.05, 4.69) is 19.8 Å². The number of morpholine rings is 1. The first-order chi connectivity index (χ1) is 15.7. The molecule has 3 heterocycles. The molecule has 0 bridgehead atoms. The topological polar surface area (TPSA) is 73.6 Å². The molecule has 33 heavy (non-hydrogen) atoms. The minimum absolute atomic E-state index is 0.0313. The molecular weight excluding hydrogens is 433 g/mol. The van der Waals surface area contributed by atoms with Crippen molar-refractivity contribution in [3.05, 3.63) is 34.4 Å². The van der Waals surface area contributed by atoms with E-state index < -0.39 is 17.6 Å². The molecule has 5 rings (SSSR count). The van der Waals surface area contributed by atoms with Crippen molar-refractivity contribution in [2.45, 2.75) is 56.4 Å². The SMILES string of the molecule is C#[N+][C@]12C[C@@H](N3CCOCC3)C[C@H]1[C@H]2c1cc(-c2cnc(N)c(C(F)(F)F)c2)nn1C(C)C. The average Bonchev–Trinajstić information content (AvgIpc) is 3.10. The third kappa shape index (κ3) is 3.58. The van der Waals surface area contributed by atoms with Gasteiger partial charge in [-0.05, 0) is 32.4 Å². The van der Waals surface area contributed by atoms with Gasteiger partial charge in [-0.1, -0.05) is 4.85 Å². The number of alkyl halides is 3. The number of anilines is 1. The highest BCUT2D eigenvalue weighted by atomic mass is 19.4. The highest BCUT2D eigenvalue weighted by molar-refractivity contribution is 5.63. The Bertz CT molecular complexity index is 1100. The van der Waals surface area contributed by atoms with Crippen LogP contribution in [0.5, 0.6) is 0 Å². The summed E-state index contributed by atoms with van der Waals surface area (Å²) in [5, 5.41) is 4.65. The molecule has 0 aromatic carbocycles. The highest BCUT2D eigenvalue weighted by Crippen LogP contribution is 2.69. The van der Waals surface area contributed by atoms with E-state index in [9.17, 15) is 13.2 Å². The second kappa shape index (κ2) is 7.71. The molecule has 2 aromatic heterocycles. The smallest absolute Gasteiger partial charge is 0.383 e. The number of nitrogens with two attached hydrogens (primary N) is 1. The molecular formula is C23H28F3N6O+. The lowest BCUT2D eigenvalue weighted by Gasteiger charge is -2.32. The monoisotopic (exact) mass is 461 g/mol. The van der Waals surface area contributed by atoms with Gasteiger partial charge in [-0.2, -0.15) is 18.3 Å². The van der Waals surface area contributed by atoms with E-state index in [-0.39, 0.29) is 23.1 Å². The summed E-state index contributed by atoms with van der Waals surface area (Å²) in [4.78, 5) is 10.6. The lowest BCUT2D eigenvalue weighted by atomic mass is 9.99. The summed E-state index contributed by atoms with van der Waals surface area (Å²) in [5.74, 6) is -0.138. The van der Waals surface area contributed by atoms with Gasteiger partial charge >= 0.3 is 6.18 Å². The predicted octanol–water partition coefficient (Wildman–Crippen LogP) is 4.04. The van der Waals surface area contributed by atoms with Crippen LogP contribution in [0.4, 0.5) is 19.0 Å². The van der Waals surface area contributed by atoms with Gasteiger partial charge in [-0.3, -0.25) is 9.58 Å². The summed E-state index contributed by atoms with van der Waals surface area (Å²) in [6.45, 7) is 13.3. The van der Waals surface area contributed by atoms with Gasteiger partial charge in [-0.25, -0.2) is 4.98 Å². The van der Waals surface area contributed by atoms with Crippen molar-refractivity contribution in [1.82, 2.24) is 19.7 Å². The van der Waals surface area contributed by atoms with Crippen LogP contribution in [0.1, 0.15) is 49.9 Å². The number of aromatic nitrogens is 3. The van der Waals surface area contributed by atoms with Crippen molar-refractivity contribution in [3.8, 4) is 17.8 Å². The minimum atomic E-state index is -4.58. The summed E-state index contributed by atoms with van der Waals surface area (Å²) < 4.78 is 47.4. The molecule has 0 radical (unpaired) electrons. The Hall–Kier alpha value is -2.64. The Kier molecular flexibility index (Phi) is 5.18. The lowest BCUT2D eigenvalue weighted by Crippen LogP contribution is -2.43. The fourth-order valence-corrected chi connectivity index (χ4v) is 5.83. The van der Waals surface area contributed by atoms with E-state index in [1.165, 1.54) is 6.20 Å². The normalized spacial score (nSPS) is 29.8. The standard InChI is InChI=1S/C23H28F3N6O/c1-13(2)32-19(10-18(30-32)14-8-17(23(24,25)26)21(27)29-12-14)20-16-9-15(11-22(16,20)28-3)31-4-6-33-7-5-31/h3,8,10,12-13,15-16,20H,4-7,9,11H2,1-2H3,(H2,27,29)/q+1/t15-,16-,20-,22+/m0/s1. The van der Waals surface area contributed by atoms with Gasteiger partial charge in [0, 0.05) is 43.4 Å². The molecule has 0 amide bonds. The number of hydrogen-bond acceptors (Lipinski definition) is 5. The largest absolute Gasteiger partial charge is 0.419 e. The number of hydrogen-bond donors (Lipinski definition) is 1. The van der Waals surface area contributed by atoms with Crippen molar-refractivity contribution in [2.24, 2.45) is 5.92 Å². The van der Waals surface area contributed by atoms with E-state index in [0.29, 0.717) is 17.7 Å². The first kappa shape index (κ1) is 22.2. The zero-order valence-electron chi connectivity index (χ0n) is 18.7. The van der Waals surface area contributed by atoms with E-state index in [0.717, 1.165) is 50.9 Å². The zero-order valence-corrected chi connectivity index (χ0v) is 18.7. The number of nitrogen functional groups attached to an aromatic ring is 1. The van der Waals surface area contributed by atoms with Crippen LogP contribution in [0.2, 0.25) is 0 Å². The number of ether oxygens (including phenoxy) is 1. The Morgan fingerprint density at radius 1 is 1.27 bits per heavy atom. The molecule has 0 unspecified atom stereocenters. The van der Waals surface area contributed by atoms with Gasteiger partial charge < -0.3 is 10.5 Å². The highest BCUT2D eigenvalue weighted by Gasteiger charge is 2.81. The molecule has 10 heteroatoms. The van der Waals surface area contributed by atoms with E-state index in [1.807, 2.05) is 24.6 Å². The van der Waals surface area contributed by atoms with Gasteiger partial charge in [0.15, 0.2) is 0 Å². The van der Waals surface area contributed by atoms with Crippen molar-refractivity contribution in [2.75, 3.05) is 32.0 Å². The van der Waals surface area contributed by atoms with Gasteiger partial charge in [0.2, 0.25) is 0 Å². The molecule has 2 aliphatic carbocycles. The maximum absolute atomic E-state index is 13.4. The van der Waals surface area contributed by atoms with Crippen LogP contribution in [0, 0.1) is 12.5 Å². The van der Waals surface area contributed by atoms with E-state index in [1.54, 1.807) is 0 Å². The van der Waals surface area contributed by atoms with Crippen molar-refractivity contribution < 1.29 is 17.9 Å². The Labute approximate surface area is 190 Å². The van der Waals surface area contributed by atoms with Crippen LogP contribution in [-0.4, -0.2) is 57.5 Å². The average molecular weight is 462 g/mol. The predicted molar refractivity (Wildman–Crippen MR) is 118 cm³/mol. The third-order valence-corrected chi connectivity index (χ3v) is 7.46. The molecule has 7 nitrogen and oxygen atoms in total. The summed E-state index contributed by atoms with van der Waals surface area (Å²) in [6.07, 6.45) is -1.38. The Morgan fingerprint density at radius 2 is 2.00 bits per heavy atom. The molecule has 2 aromatic rings. The molecule has 176 valence electrons. The van der Waals surface area contributed by atoms with Crippen LogP contribution in [0.3, 0.4) is 0 Å². The van der Waals surface area contributed by atoms with Crippen LogP contribution < -0.4 is 5.73 Å². The summed E-state index contributed by atoms with van der Waals surface area (Å²) in [7, 11) is 0. The molecule has 0 spiro atoms. The van der Waals surface area contributed by atoms with Gasteiger partial charge in [0.25, 0.3) is 12.1 Å². The summed E-state index contributed by atoms with van der Waals surface area (Å²) >= 11 is 0. The number of pyridine rings is 1. The molecule has 3 fully saturated rings. The van der Waals surface area contributed by atoms with Crippen LogP contribution in [-0.2, 0) is 10.9 Å². The quantitative estimate of drug-likeness (QED) is 0.744. The van der Waals surface area contributed by atoms with Crippen LogP contribution >= 0.6 is 0 Å². The van der Waals surface area contributed by atoms with Crippen LogP contribution in [0.25, 0.3) is 16.1 Å². The number of halogens is 3. The van der Waals surface area contributed by atoms with Crippen LogP contribution in [0.15, 0.2) is 18.3 Å². The number of rotatable bonds is 4. The fraction of sp³-hybridized carbons (Fsp3) is 0.609. The summed E-state index contributed by atoms with van der Waals surface area (Å²) in [5.41, 5.74) is 5.87. The molecule has 3 aliphatic rings. The molecule has 4 atom stereocenters. The zero-order chi connectivity index (χ0) is 23.5.